The predicted octanol–water partition coefficient (Wildman–Crippen LogP) is 3.77. The summed E-state index contributed by atoms with van der Waals surface area (Å²) in [5, 5.41) is 8.34. The number of rotatable bonds is 6. The van der Waals surface area contributed by atoms with Crippen LogP contribution in [0.5, 0.6) is 0 Å². The summed E-state index contributed by atoms with van der Waals surface area (Å²) in [5.41, 5.74) is 4.00. The molecule has 1 atom stereocenters. The van der Waals surface area contributed by atoms with Crippen molar-refractivity contribution < 1.29 is 0 Å². The quantitative estimate of drug-likeness (QED) is 0.864. The van der Waals surface area contributed by atoms with Crippen molar-refractivity contribution in [1.82, 2.24) is 15.1 Å². The van der Waals surface area contributed by atoms with E-state index in [1.807, 2.05) is 4.68 Å². The van der Waals surface area contributed by atoms with E-state index >= 15 is 0 Å². The van der Waals surface area contributed by atoms with Crippen molar-refractivity contribution in [3.63, 3.8) is 0 Å². The maximum absolute atomic E-state index is 4.58. The van der Waals surface area contributed by atoms with Crippen molar-refractivity contribution in [1.29, 1.82) is 0 Å². The summed E-state index contributed by atoms with van der Waals surface area (Å²) in [6.45, 7) is 9.99. The van der Waals surface area contributed by atoms with Crippen LogP contribution in [0.3, 0.4) is 0 Å². The van der Waals surface area contributed by atoms with Crippen LogP contribution in [0, 0.1) is 25.7 Å². The maximum atomic E-state index is 4.58. The van der Waals surface area contributed by atoms with Gasteiger partial charge in [-0.3, -0.25) is 4.68 Å². The van der Waals surface area contributed by atoms with E-state index in [1.54, 1.807) is 0 Å². The van der Waals surface area contributed by atoms with E-state index in [2.05, 4.69) is 45.2 Å². The molecule has 1 aliphatic rings. The van der Waals surface area contributed by atoms with E-state index in [4.69, 9.17) is 0 Å². The molecule has 21 heavy (non-hydrogen) atoms. The molecule has 1 aromatic heterocycles. The first kappa shape index (κ1) is 16.5. The Morgan fingerprint density at radius 1 is 1.19 bits per heavy atom. The average molecular weight is 291 g/mol. The van der Waals surface area contributed by atoms with Gasteiger partial charge in [-0.2, -0.15) is 5.10 Å². The highest BCUT2D eigenvalue weighted by Gasteiger charge is 2.28. The largest absolute Gasteiger partial charge is 0.314 e. The normalized spacial score (nSPS) is 24.2. The molecule has 1 aromatic rings. The van der Waals surface area contributed by atoms with Gasteiger partial charge in [-0.25, -0.2) is 0 Å². The minimum atomic E-state index is 0.620. The molecule has 0 aliphatic heterocycles. The first-order valence-electron chi connectivity index (χ1n) is 8.79. The molecule has 0 spiro atoms. The SMILES string of the molecule is CCNC(Cc1c(C)nn(C)c1C)C1CCC(CC)CC1. The second-order valence-electron chi connectivity index (χ2n) is 6.83. The lowest BCUT2D eigenvalue weighted by atomic mass is 9.76. The molecule has 3 heteroatoms. The van der Waals surface area contributed by atoms with Crippen molar-refractivity contribution >= 4 is 0 Å². The van der Waals surface area contributed by atoms with Crippen LogP contribution in [0.15, 0.2) is 0 Å². The molecule has 0 radical (unpaired) electrons. The fourth-order valence-corrected chi connectivity index (χ4v) is 4.00. The monoisotopic (exact) mass is 291 g/mol. The first-order chi connectivity index (χ1) is 10.1. The van der Waals surface area contributed by atoms with Crippen LogP contribution in [-0.4, -0.2) is 22.4 Å². The summed E-state index contributed by atoms with van der Waals surface area (Å²) < 4.78 is 2.03. The first-order valence-corrected chi connectivity index (χ1v) is 8.79. The van der Waals surface area contributed by atoms with Crippen LogP contribution in [0.25, 0.3) is 0 Å². The third kappa shape index (κ3) is 3.88. The Morgan fingerprint density at radius 3 is 2.33 bits per heavy atom. The predicted molar refractivity (Wildman–Crippen MR) is 89.6 cm³/mol. The molecule has 1 fully saturated rings. The fraction of sp³-hybridized carbons (Fsp3) is 0.833. The maximum Gasteiger partial charge on any atom is 0.0628 e. The number of hydrogen-bond donors (Lipinski definition) is 1. The highest BCUT2D eigenvalue weighted by molar-refractivity contribution is 5.25. The number of aromatic nitrogens is 2. The molecule has 1 heterocycles. The zero-order chi connectivity index (χ0) is 15.4. The molecule has 1 N–H and O–H groups in total. The minimum Gasteiger partial charge on any atom is -0.314 e. The Morgan fingerprint density at radius 2 is 1.86 bits per heavy atom. The van der Waals surface area contributed by atoms with Crippen molar-refractivity contribution in [3.8, 4) is 0 Å². The molecule has 3 nitrogen and oxygen atoms in total. The highest BCUT2D eigenvalue weighted by atomic mass is 15.3. The van der Waals surface area contributed by atoms with Gasteiger partial charge in [0.1, 0.15) is 0 Å². The second-order valence-corrected chi connectivity index (χ2v) is 6.83. The summed E-state index contributed by atoms with van der Waals surface area (Å²) in [4.78, 5) is 0. The Labute approximate surface area is 130 Å². The number of hydrogen-bond acceptors (Lipinski definition) is 2. The summed E-state index contributed by atoms with van der Waals surface area (Å²) >= 11 is 0. The molecule has 0 aromatic carbocycles. The van der Waals surface area contributed by atoms with E-state index in [1.165, 1.54) is 49.1 Å². The molecule has 120 valence electrons. The molecule has 0 bridgehead atoms. The van der Waals surface area contributed by atoms with Crippen LogP contribution >= 0.6 is 0 Å². The van der Waals surface area contributed by atoms with E-state index in [9.17, 15) is 0 Å². The second kappa shape index (κ2) is 7.44. The van der Waals surface area contributed by atoms with Crippen molar-refractivity contribution in [2.24, 2.45) is 18.9 Å². The van der Waals surface area contributed by atoms with Gasteiger partial charge >= 0.3 is 0 Å². The Kier molecular flexibility index (Phi) is 5.86. The standard InChI is InChI=1S/C18H33N3/c1-6-15-8-10-16(11-9-15)18(19-7-2)12-17-13(3)20-21(5)14(17)4/h15-16,18-19H,6-12H2,1-5H3. The lowest BCUT2D eigenvalue weighted by molar-refractivity contribution is 0.217. The lowest BCUT2D eigenvalue weighted by Crippen LogP contribution is -2.40. The number of aryl methyl sites for hydroxylation is 2. The van der Waals surface area contributed by atoms with Gasteiger partial charge in [-0.15, -0.1) is 0 Å². The number of nitrogens with one attached hydrogen (secondary N) is 1. The summed E-state index contributed by atoms with van der Waals surface area (Å²) in [6, 6.07) is 0.620. The number of likely N-dealkylation sites (N-methyl/N-ethyl adjacent to an activating group) is 1. The van der Waals surface area contributed by atoms with Gasteiger partial charge in [-0.05, 0) is 57.1 Å². The van der Waals surface area contributed by atoms with Crippen LogP contribution in [0.2, 0.25) is 0 Å². The fourth-order valence-electron chi connectivity index (χ4n) is 4.00. The van der Waals surface area contributed by atoms with Crippen molar-refractivity contribution in [3.05, 3.63) is 17.0 Å². The summed E-state index contributed by atoms with van der Waals surface area (Å²) in [5.74, 6) is 1.82. The third-order valence-electron chi connectivity index (χ3n) is 5.59. The zero-order valence-electron chi connectivity index (χ0n) is 14.6. The molecule has 1 unspecified atom stereocenters. The molecule has 1 saturated carbocycles. The van der Waals surface area contributed by atoms with E-state index in [0.29, 0.717) is 6.04 Å². The van der Waals surface area contributed by atoms with Gasteiger partial charge in [0.25, 0.3) is 0 Å². The highest BCUT2D eigenvalue weighted by Crippen LogP contribution is 2.33. The topological polar surface area (TPSA) is 29.9 Å². The number of nitrogens with zero attached hydrogens (tertiary/aromatic N) is 2. The molecule has 0 saturated heterocycles. The lowest BCUT2D eigenvalue weighted by Gasteiger charge is -2.34. The summed E-state index contributed by atoms with van der Waals surface area (Å²) in [7, 11) is 2.06. The molecular weight excluding hydrogens is 258 g/mol. The van der Waals surface area contributed by atoms with Crippen LogP contribution in [-0.2, 0) is 13.5 Å². The van der Waals surface area contributed by atoms with Gasteiger partial charge in [0.2, 0.25) is 0 Å². The van der Waals surface area contributed by atoms with Crippen LogP contribution in [0.4, 0.5) is 0 Å². The van der Waals surface area contributed by atoms with Gasteiger partial charge in [0, 0.05) is 18.8 Å². The molecule has 2 rings (SSSR count). The van der Waals surface area contributed by atoms with E-state index in [-0.39, 0.29) is 0 Å². The van der Waals surface area contributed by atoms with Crippen molar-refractivity contribution in [2.75, 3.05) is 6.54 Å². The summed E-state index contributed by atoms with van der Waals surface area (Å²) in [6.07, 6.45) is 8.14. The van der Waals surface area contributed by atoms with Crippen molar-refractivity contribution in [2.45, 2.75) is 72.3 Å². The average Bonchev–Trinajstić information content (AvgIpc) is 2.73. The smallest absolute Gasteiger partial charge is 0.0628 e. The molecular formula is C18H33N3. The van der Waals surface area contributed by atoms with Gasteiger partial charge in [-0.1, -0.05) is 33.1 Å². The van der Waals surface area contributed by atoms with Gasteiger partial charge in [0.05, 0.1) is 5.69 Å². The molecule has 1 aliphatic carbocycles. The van der Waals surface area contributed by atoms with Gasteiger partial charge in [0.15, 0.2) is 0 Å². The Balaban J connectivity index is 2.05. The van der Waals surface area contributed by atoms with Crippen LogP contribution in [0.1, 0.15) is 62.9 Å². The Hall–Kier alpha value is -0.830. The Bertz CT molecular complexity index is 442. The minimum absolute atomic E-state index is 0.620. The van der Waals surface area contributed by atoms with Crippen LogP contribution < -0.4 is 5.32 Å². The molecule has 0 amide bonds. The zero-order valence-corrected chi connectivity index (χ0v) is 14.6. The van der Waals surface area contributed by atoms with E-state index < -0.39 is 0 Å². The van der Waals surface area contributed by atoms with E-state index in [0.717, 1.165) is 24.8 Å². The van der Waals surface area contributed by atoms with Gasteiger partial charge < -0.3 is 5.32 Å². The third-order valence-corrected chi connectivity index (χ3v) is 5.59.